The van der Waals surface area contributed by atoms with Gasteiger partial charge in [0.1, 0.15) is 0 Å². The molecule has 0 bridgehead atoms. The average Bonchev–Trinajstić information content (AvgIpc) is 2.69. The number of oxazole rings is 1. The van der Waals surface area contributed by atoms with E-state index in [-0.39, 0.29) is 11.4 Å². The molecular formula is C15H19NO4. The molecule has 0 radical (unpaired) electrons. The molecule has 1 aliphatic rings. The van der Waals surface area contributed by atoms with Gasteiger partial charge in [0.15, 0.2) is 5.58 Å². The van der Waals surface area contributed by atoms with Crippen molar-refractivity contribution in [2.24, 2.45) is 7.05 Å². The molecule has 2 aromatic rings. The van der Waals surface area contributed by atoms with Gasteiger partial charge in [-0.15, -0.1) is 0 Å². The highest BCUT2D eigenvalue weighted by molar-refractivity contribution is 5.73. The van der Waals surface area contributed by atoms with Crippen LogP contribution in [0.2, 0.25) is 0 Å². The van der Waals surface area contributed by atoms with Crippen molar-refractivity contribution in [1.82, 2.24) is 4.57 Å². The zero-order valence-corrected chi connectivity index (χ0v) is 11.8. The highest BCUT2D eigenvalue weighted by atomic mass is 16.5. The van der Waals surface area contributed by atoms with E-state index < -0.39 is 6.10 Å². The van der Waals surface area contributed by atoms with Crippen molar-refractivity contribution in [3.8, 4) is 0 Å². The summed E-state index contributed by atoms with van der Waals surface area (Å²) in [6, 6.07) is 5.38. The number of nitrogens with zero attached hydrogens (tertiary/aromatic N) is 1. The minimum atomic E-state index is -0.606. The highest BCUT2D eigenvalue weighted by Crippen LogP contribution is 2.42. The van der Waals surface area contributed by atoms with Crippen molar-refractivity contribution >= 4 is 11.1 Å². The predicted molar refractivity (Wildman–Crippen MR) is 74.6 cm³/mol. The Morgan fingerprint density at radius 2 is 2.25 bits per heavy atom. The molecule has 0 spiro atoms. The zero-order valence-electron chi connectivity index (χ0n) is 11.8. The number of aliphatic hydroxyl groups excluding tert-OH is 1. The Morgan fingerprint density at radius 3 is 2.85 bits per heavy atom. The molecule has 5 heteroatoms. The summed E-state index contributed by atoms with van der Waals surface area (Å²) in [5.74, 6) is -0.390. The molecule has 1 N–H and O–H groups in total. The number of hydrogen-bond donors (Lipinski definition) is 1. The third-order valence-corrected chi connectivity index (χ3v) is 4.46. The topological polar surface area (TPSA) is 64.6 Å². The molecule has 1 aliphatic carbocycles. The van der Waals surface area contributed by atoms with Gasteiger partial charge in [-0.25, -0.2) is 4.79 Å². The Labute approximate surface area is 116 Å². The van der Waals surface area contributed by atoms with Gasteiger partial charge in [-0.1, -0.05) is 6.07 Å². The average molecular weight is 277 g/mol. The third kappa shape index (κ3) is 2.07. The first kappa shape index (κ1) is 13.4. The molecule has 1 saturated carbocycles. The number of aromatic nitrogens is 1. The van der Waals surface area contributed by atoms with Crippen LogP contribution in [-0.4, -0.2) is 22.4 Å². The summed E-state index contributed by atoms with van der Waals surface area (Å²) in [6.45, 7) is 0. The normalized spacial score (nSPS) is 18.9. The van der Waals surface area contributed by atoms with Crippen molar-refractivity contribution in [3.63, 3.8) is 0 Å². The number of ether oxygens (including phenoxy) is 1. The van der Waals surface area contributed by atoms with Gasteiger partial charge in [0, 0.05) is 20.6 Å². The van der Waals surface area contributed by atoms with Gasteiger partial charge in [-0.05, 0) is 37.0 Å². The van der Waals surface area contributed by atoms with Crippen LogP contribution in [0.3, 0.4) is 0 Å². The molecule has 1 unspecified atom stereocenters. The number of aryl methyl sites for hydroxylation is 1. The first-order valence-corrected chi connectivity index (χ1v) is 6.87. The largest absolute Gasteiger partial charge is 0.419 e. The summed E-state index contributed by atoms with van der Waals surface area (Å²) < 4.78 is 12.1. The Hall–Kier alpha value is -1.59. The van der Waals surface area contributed by atoms with Gasteiger partial charge >= 0.3 is 5.76 Å². The van der Waals surface area contributed by atoms with Gasteiger partial charge in [-0.3, -0.25) is 4.57 Å². The molecule has 1 fully saturated rings. The van der Waals surface area contributed by atoms with Crippen LogP contribution < -0.4 is 5.76 Å². The molecule has 20 heavy (non-hydrogen) atoms. The molecule has 0 amide bonds. The van der Waals surface area contributed by atoms with E-state index >= 15 is 0 Å². The Kier molecular flexibility index (Phi) is 3.18. The van der Waals surface area contributed by atoms with Crippen molar-refractivity contribution in [2.75, 3.05) is 7.11 Å². The van der Waals surface area contributed by atoms with E-state index in [0.29, 0.717) is 12.0 Å². The van der Waals surface area contributed by atoms with Gasteiger partial charge in [0.2, 0.25) is 0 Å². The molecule has 0 aliphatic heterocycles. The lowest BCUT2D eigenvalue weighted by molar-refractivity contribution is -0.0999. The maximum absolute atomic E-state index is 11.5. The number of hydrogen-bond acceptors (Lipinski definition) is 4. The summed E-state index contributed by atoms with van der Waals surface area (Å²) >= 11 is 0. The van der Waals surface area contributed by atoms with Crippen molar-refractivity contribution < 1.29 is 14.3 Å². The number of rotatable bonds is 4. The summed E-state index contributed by atoms with van der Waals surface area (Å²) in [6.07, 6.45) is 3.09. The summed E-state index contributed by atoms with van der Waals surface area (Å²) in [5, 5.41) is 10.4. The van der Waals surface area contributed by atoms with E-state index in [1.165, 1.54) is 4.57 Å². The van der Waals surface area contributed by atoms with E-state index in [1.54, 1.807) is 26.3 Å². The smallest absolute Gasteiger partial charge is 0.408 e. The second-order valence-electron chi connectivity index (χ2n) is 5.61. The molecule has 5 nitrogen and oxygen atoms in total. The number of benzene rings is 1. The Bertz CT molecular complexity index is 675. The minimum absolute atomic E-state index is 0.189. The van der Waals surface area contributed by atoms with Gasteiger partial charge < -0.3 is 14.3 Å². The maximum Gasteiger partial charge on any atom is 0.419 e. The molecule has 3 rings (SSSR count). The first-order valence-electron chi connectivity index (χ1n) is 6.87. The fraction of sp³-hybridized carbons (Fsp3) is 0.533. The number of aliphatic hydroxyl groups is 1. The van der Waals surface area contributed by atoms with Gasteiger partial charge in [-0.2, -0.15) is 0 Å². The fourth-order valence-electron chi connectivity index (χ4n) is 2.89. The van der Waals surface area contributed by atoms with Crippen LogP contribution in [0, 0.1) is 0 Å². The van der Waals surface area contributed by atoms with Crippen LogP contribution in [0.15, 0.2) is 27.4 Å². The number of methoxy groups -OCH3 is 1. The summed E-state index contributed by atoms with van der Waals surface area (Å²) in [5.41, 5.74) is 1.81. The quantitative estimate of drug-likeness (QED) is 0.929. The Balaban J connectivity index is 1.88. The van der Waals surface area contributed by atoms with Crippen LogP contribution in [0.25, 0.3) is 11.1 Å². The zero-order chi connectivity index (χ0) is 14.3. The Morgan fingerprint density at radius 1 is 1.50 bits per heavy atom. The molecule has 0 saturated heterocycles. The van der Waals surface area contributed by atoms with Crippen LogP contribution in [0.5, 0.6) is 0 Å². The standard InChI is InChI=1S/C15H19NO4/c1-16-11-5-4-10(8-13(11)20-14(16)18)12(17)9-15(19-2)6-3-7-15/h4-5,8,12,17H,3,6-7,9H2,1-2H3. The van der Waals surface area contributed by atoms with Crippen LogP contribution in [0.1, 0.15) is 37.4 Å². The predicted octanol–water partition coefficient (Wildman–Crippen LogP) is 2.12. The summed E-state index contributed by atoms with van der Waals surface area (Å²) in [7, 11) is 3.36. The fourth-order valence-corrected chi connectivity index (χ4v) is 2.89. The second kappa shape index (κ2) is 4.75. The van der Waals surface area contributed by atoms with Gasteiger partial charge in [0.25, 0.3) is 0 Å². The number of fused-ring (bicyclic) bond motifs is 1. The molecule has 1 heterocycles. The monoisotopic (exact) mass is 277 g/mol. The lowest BCUT2D eigenvalue weighted by Gasteiger charge is -2.41. The minimum Gasteiger partial charge on any atom is -0.408 e. The lowest BCUT2D eigenvalue weighted by Crippen LogP contribution is -2.40. The van der Waals surface area contributed by atoms with Crippen molar-refractivity contribution in [2.45, 2.75) is 37.4 Å². The van der Waals surface area contributed by atoms with Crippen molar-refractivity contribution in [3.05, 3.63) is 34.3 Å². The van der Waals surface area contributed by atoms with Crippen LogP contribution in [-0.2, 0) is 11.8 Å². The van der Waals surface area contributed by atoms with E-state index in [9.17, 15) is 9.90 Å². The molecule has 1 aromatic heterocycles. The lowest BCUT2D eigenvalue weighted by atomic mass is 9.75. The maximum atomic E-state index is 11.5. The third-order valence-electron chi connectivity index (χ3n) is 4.46. The van der Waals surface area contributed by atoms with Crippen LogP contribution >= 0.6 is 0 Å². The SMILES string of the molecule is COC1(CC(O)c2ccc3c(c2)oc(=O)n3C)CCC1. The molecule has 1 aromatic carbocycles. The summed E-state index contributed by atoms with van der Waals surface area (Å²) in [4.78, 5) is 11.5. The van der Waals surface area contributed by atoms with E-state index in [1.807, 2.05) is 6.07 Å². The second-order valence-corrected chi connectivity index (χ2v) is 5.61. The first-order chi connectivity index (χ1) is 9.54. The van der Waals surface area contributed by atoms with E-state index in [0.717, 1.165) is 30.3 Å². The van der Waals surface area contributed by atoms with E-state index in [4.69, 9.17) is 9.15 Å². The molecule has 1 atom stereocenters. The molecule has 108 valence electrons. The van der Waals surface area contributed by atoms with Crippen LogP contribution in [0.4, 0.5) is 0 Å². The van der Waals surface area contributed by atoms with E-state index in [2.05, 4.69) is 0 Å². The highest BCUT2D eigenvalue weighted by Gasteiger charge is 2.39. The van der Waals surface area contributed by atoms with Gasteiger partial charge in [0.05, 0.1) is 17.2 Å². The molecular weight excluding hydrogens is 258 g/mol. The van der Waals surface area contributed by atoms with Crippen molar-refractivity contribution in [1.29, 1.82) is 0 Å².